The summed E-state index contributed by atoms with van der Waals surface area (Å²) in [4.78, 5) is 4.39. The monoisotopic (exact) mass is 199 g/mol. The molecule has 0 unspecified atom stereocenters. The maximum atomic E-state index is 5.15. The number of ether oxygens (including phenoxy) is 1. The van der Waals surface area contributed by atoms with Crippen LogP contribution in [0.15, 0.2) is 48.7 Å². The third-order valence-corrected chi connectivity index (χ3v) is 2.24. The van der Waals surface area contributed by atoms with Gasteiger partial charge in [0.2, 0.25) is 0 Å². The van der Waals surface area contributed by atoms with Crippen molar-refractivity contribution in [3.05, 3.63) is 54.2 Å². The number of hydrogen-bond acceptors (Lipinski definition) is 2. The van der Waals surface area contributed by atoms with E-state index in [9.17, 15) is 0 Å². The zero-order valence-corrected chi connectivity index (χ0v) is 8.68. The Morgan fingerprint density at radius 1 is 1.07 bits per heavy atom. The van der Waals surface area contributed by atoms with E-state index in [1.165, 1.54) is 0 Å². The predicted molar refractivity (Wildman–Crippen MR) is 60.4 cm³/mol. The minimum absolute atomic E-state index is 0.595. The van der Waals surface area contributed by atoms with E-state index >= 15 is 0 Å². The lowest BCUT2D eigenvalue weighted by molar-refractivity contribution is 0.185. The van der Waals surface area contributed by atoms with Crippen LogP contribution in [0, 0.1) is 0 Å². The molecule has 2 rings (SSSR count). The van der Waals surface area contributed by atoms with Gasteiger partial charge in [-0.1, -0.05) is 36.4 Å². The van der Waals surface area contributed by atoms with Crippen LogP contribution in [0.2, 0.25) is 0 Å². The summed E-state index contributed by atoms with van der Waals surface area (Å²) in [5.74, 6) is 0. The van der Waals surface area contributed by atoms with Gasteiger partial charge in [-0.15, -0.1) is 0 Å². The maximum absolute atomic E-state index is 5.15. The molecule has 1 aromatic heterocycles. The topological polar surface area (TPSA) is 22.1 Å². The third-order valence-electron chi connectivity index (χ3n) is 2.24. The van der Waals surface area contributed by atoms with Crippen molar-refractivity contribution in [1.29, 1.82) is 0 Å². The van der Waals surface area contributed by atoms with Gasteiger partial charge in [-0.2, -0.15) is 0 Å². The van der Waals surface area contributed by atoms with E-state index in [-0.39, 0.29) is 0 Å². The molecule has 1 heterocycles. The lowest BCUT2D eigenvalue weighted by Gasteiger charge is -2.06. The highest BCUT2D eigenvalue weighted by molar-refractivity contribution is 5.62. The van der Waals surface area contributed by atoms with E-state index in [1.54, 1.807) is 7.11 Å². The van der Waals surface area contributed by atoms with Gasteiger partial charge in [0.05, 0.1) is 12.3 Å². The lowest BCUT2D eigenvalue weighted by atomic mass is 10.1. The summed E-state index contributed by atoms with van der Waals surface area (Å²) in [6.07, 6.45) is 1.81. The molecule has 0 bridgehead atoms. The van der Waals surface area contributed by atoms with Crippen LogP contribution in [0.1, 0.15) is 5.56 Å². The number of aromatic nitrogens is 1. The van der Waals surface area contributed by atoms with Crippen LogP contribution in [-0.4, -0.2) is 12.1 Å². The van der Waals surface area contributed by atoms with Crippen LogP contribution in [0.25, 0.3) is 11.3 Å². The molecule has 0 N–H and O–H groups in total. The maximum Gasteiger partial charge on any atom is 0.0757 e. The van der Waals surface area contributed by atoms with Crippen molar-refractivity contribution in [2.24, 2.45) is 0 Å². The standard InChI is InChI=1S/C13H13NO/c1-15-10-12-8-5-9-14-13(12)11-6-3-2-4-7-11/h2-9H,10H2,1H3. The molecule has 0 spiro atoms. The minimum Gasteiger partial charge on any atom is -0.380 e. The first-order valence-electron chi connectivity index (χ1n) is 4.90. The van der Waals surface area contributed by atoms with Crippen LogP contribution in [0.4, 0.5) is 0 Å². The van der Waals surface area contributed by atoms with Crippen molar-refractivity contribution in [2.75, 3.05) is 7.11 Å². The quantitative estimate of drug-likeness (QED) is 0.758. The number of pyridine rings is 1. The lowest BCUT2D eigenvalue weighted by Crippen LogP contribution is -1.94. The fourth-order valence-corrected chi connectivity index (χ4v) is 1.57. The Balaban J connectivity index is 2.43. The van der Waals surface area contributed by atoms with Crippen LogP contribution < -0.4 is 0 Å². The second-order valence-electron chi connectivity index (χ2n) is 3.31. The van der Waals surface area contributed by atoms with E-state index in [0.29, 0.717) is 6.61 Å². The van der Waals surface area contributed by atoms with Gasteiger partial charge in [-0.3, -0.25) is 4.98 Å². The smallest absolute Gasteiger partial charge is 0.0757 e. The summed E-state index contributed by atoms with van der Waals surface area (Å²) in [5, 5.41) is 0. The summed E-state index contributed by atoms with van der Waals surface area (Å²) in [6, 6.07) is 14.1. The molecule has 0 amide bonds. The molecular formula is C13H13NO. The van der Waals surface area contributed by atoms with Crippen LogP contribution in [0.3, 0.4) is 0 Å². The summed E-state index contributed by atoms with van der Waals surface area (Å²) in [6.45, 7) is 0.595. The average Bonchev–Trinajstić information content (AvgIpc) is 2.31. The zero-order valence-electron chi connectivity index (χ0n) is 8.68. The van der Waals surface area contributed by atoms with E-state index in [4.69, 9.17) is 4.74 Å². The first kappa shape index (κ1) is 9.87. The van der Waals surface area contributed by atoms with Crippen molar-refractivity contribution < 1.29 is 4.74 Å². The van der Waals surface area contributed by atoms with Gasteiger partial charge in [0, 0.05) is 24.4 Å². The molecule has 0 aliphatic rings. The predicted octanol–water partition coefficient (Wildman–Crippen LogP) is 2.90. The molecular weight excluding hydrogens is 186 g/mol. The van der Waals surface area contributed by atoms with Crippen molar-refractivity contribution in [3.63, 3.8) is 0 Å². The first-order valence-corrected chi connectivity index (χ1v) is 4.90. The van der Waals surface area contributed by atoms with Crippen molar-refractivity contribution in [3.8, 4) is 11.3 Å². The molecule has 0 aliphatic carbocycles. The Morgan fingerprint density at radius 3 is 2.60 bits per heavy atom. The second-order valence-corrected chi connectivity index (χ2v) is 3.31. The van der Waals surface area contributed by atoms with E-state index < -0.39 is 0 Å². The highest BCUT2D eigenvalue weighted by Gasteiger charge is 2.04. The fourth-order valence-electron chi connectivity index (χ4n) is 1.57. The van der Waals surface area contributed by atoms with Crippen LogP contribution in [0.5, 0.6) is 0 Å². The summed E-state index contributed by atoms with van der Waals surface area (Å²) in [5.41, 5.74) is 3.25. The average molecular weight is 199 g/mol. The number of hydrogen-bond donors (Lipinski definition) is 0. The highest BCUT2D eigenvalue weighted by Crippen LogP contribution is 2.20. The van der Waals surface area contributed by atoms with Gasteiger partial charge >= 0.3 is 0 Å². The summed E-state index contributed by atoms with van der Waals surface area (Å²) in [7, 11) is 1.70. The van der Waals surface area contributed by atoms with Crippen LogP contribution >= 0.6 is 0 Å². The minimum atomic E-state index is 0.595. The molecule has 0 aliphatic heterocycles. The molecule has 2 aromatic rings. The van der Waals surface area contributed by atoms with Crippen LogP contribution in [-0.2, 0) is 11.3 Å². The first-order chi connectivity index (χ1) is 7.42. The number of methoxy groups -OCH3 is 1. The van der Waals surface area contributed by atoms with E-state index in [1.807, 2.05) is 36.5 Å². The number of nitrogens with zero attached hydrogens (tertiary/aromatic N) is 1. The normalized spacial score (nSPS) is 10.2. The molecule has 0 radical (unpaired) electrons. The molecule has 0 saturated heterocycles. The molecule has 0 saturated carbocycles. The Labute approximate surface area is 89.6 Å². The largest absolute Gasteiger partial charge is 0.380 e. The van der Waals surface area contributed by atoms with E-state index in [2.05, 4.69) is 17.1 Å². The van der Waals surface area contributed by atoms with Gasteiger partial charge in [-0.25, -0.2) is 0 Å². The summed E-state index contributed by atoms with van der Waals surface area (Å²) >= 11 is 0. The molecule has 0 atom stereocenters. The Morgan fingerprint density at radius 2 is 1.87 bits per heavy atom. The molecule has 2 nitrogen and oxygen atoms in total. The molecule has 1 aromatic carbocycles. The highest BCUT2D eigenvalue weighted by atomic mass is 16.5. The Bertz CT molecular complexity index is 426. The van der Waals surface area contributed by atoms with Gasteiger partial charge in [-0.05, 0) is 6.07 Å². The van der Waals surface area contributed by atoms with Gasteiger partial charge in [0.25, 0.3) is 0 Å². The Kier molecular flexibility index (Phi) is 3.10. The number of rotatable bonds is 3. The molecule has 2 heteroatoms. The fraction of sp³-hybridized carbons (Fsp3) is 0.154. The Hall–Kier alpha value is -1.67. The van der Waals surface area contributed by atoms with E-state index in [0.717, 1.165) is 16.8 Å². The van der Waals surface area contributed by atoms with Crippen molar-refractivity contribution in [2.45, 2.75) is 6.61 Å². The van der Waals surface area contributed by atoms with Crippen molar-refractivity contribution >= 4 is 0 Å². The van der Waals surface area contributed by atoms with Gasteiger partial charge < -0.3 is 4.74 Å². The number of benzene rings is 1. The second kappa shape index (κ2) is 4.71. The SMILES string of the molecule is COCc1cccnc1-c1ccccc1. The molecule has 15 heavy (non-hydrogen) atoms. The summed E-state index contributed by atoms with van der Waals surface area (Å²) < 4.78 is 5.15. The van der Waals surface area contributed by atoms with Gasteiger partial charge in [0.1, 0.15) is 0 Å². The zero-order chi connectivity index (χ0) is 10.5. The molecule has 76 valence electrons. The van der Waals surface area contributed by atoms with Crippen molar-refractivity contribution in [1.82, 2.24) is 4.98 Å². The van der Waals surface area contributed by atoms with Gasteiger partial charge in [0.15, 0.2) is 0 Å². The third kappa shape index (κ3) is 2.22. The molecule has 0 fully saturated rings.